The SMILES string of the molecule is Nc1nncc2c1OCCN2. The molecule has 0 aliphatic carbocycles. The molecule has 11 heavy (non-hydrogen) atoms. The van der Waals surface area contributed by atoms with Gasteiger partial charge in [0.1, 0.15) is 12.3 Å². The van der Waals surface area contributed by atoms with E-state index in [-0.39, 0.29) is 0 Å². The Bertz CT molecular complexity index is 275. The van der Waals surface area contributed by atoms with Crippen molar-refractivity contribution in [2.24, 2.45) is 0 Å². The quantitative estimate of drug-likeness (QED) is 0.541. The molecule has 0 spiro atoms. The first-order chi connectivity index (χ1) is 5.38. The number of fused-ring (bicyclic) bond motifs is 1. The Morgan fingerprint density at radius 2 is 2.55 bits per heavy atom. The normalized spacial score (nSPS) is 14.5. The van der Waals surface area contributed by atoms with Crippen molar-refractivity contribution in [2.45, 2.75) is 0 Å². The van der Waals surface area contributed by atoms with Crippen molar-refractivity contribution >= 4 is 11.5 Å². The molecule has 0 radical (unpaired) electrons. The van der Waals surface area contributed by atoms with Gasteiger partial charge in [0, 0.05) is 6.54 Å². The van der Waals surface area contributed by atoms with E-state index in [4.69, 9.17) is 10.5 Å². The lowest BCUT2D eigenvalue weighted by atomic mass is 10.3. The molecule has 0 unspecified atom stereocenters. The lowest BCUT2D eigenvalue weighted by Gasteiger charge is -2.18. The second-order valence-corrected chi connectivity index (χ2v) is 2.25. The summed E-state index contributed by atoms with van der Waals surface area (Å²) in [6, 6.07) is 0. The van der Waals surface area contributed by atoms with Crippen LogP contribution in [0.5, 0.6) is 5.75 Å². The topological polar surface area (TPSA) is 73.1 Å². The molecule has 0 aromatic carbocycles. The number of rotatable bonds is 0. The molecule has 3 N–H and O–H groups in total. The van der Waals surface area contributed by atoms with Gasteiger partial charge < -0.3 is 15.8 Å². The van der Waals surface area contributed by atoms with Crippen LogP contribution in [0.1, 0.15) is 0 Å². The lowest BCUT2D eigenvalue weighted by Crippen LogP contribution is -2.19. The summed E-state index contributed by atoms with van der Waals surface area (Å²) in [4.78, 5) is 0. The molecule has 2 rings (SSSR count). The minimum Gasteiger partial charge on any atom is -0.486 e. The van der Waals surface area contributed by atoms with Gasteiger partial charge in [-0.3, -0.25) is 0 Å². The van der Waals surface area contributed by atoms with Crippen molar-refractivity contribution in [3.63, 3.8) is 0 Å². The van der Waals surface area contributed by atoms with E-state index in [1.807, 2.05) is 0 Å². The third-order valence-corrected chi connectivity index (χ3v) is 1.49. The fourth-order valence-electron chi connectivity index (χ4n) is 1.01. The van der Waals surface area contributed by atoms with Crippen LogP contribution in [0.15, 0.2) is 6.20 Å². The average molecular weight is 152 g/mol. The lowest BCUT2D eigenvalue weighted by molar-refractivity contribution is 0.323. The summed E-state index contributed by atoms with van der Waals surface area (Å²) < 4.78 is 5.26. The van der Waals surface area contributed by atoms with Crippen LogP contribution in [-0.4, -0.2) is 23.3 Å². The van der Waals surface area contributed by atoms with E-state index in [1.54, 1.807) is 6.20 Å². The van der Waals surface area contributed by atoms with E-state index in [1.165, 1.54) is 0 Å². The zero-order chi connectivity index (χ0) is 7.68. The van der Waals surface area contributed by atoms with Gasteiger partial charge in [0.2, 0.25) is 0 Å². The Morgan fingerprint density at radius 3 is 3.36 bits per heavy atom. The van der Waals surface area contributed by atoms with Crippen LogP contribution in [0.4, 0.5) is 11.5 Å². The Hall–Kier alpha value is -1.52. The van der Waals surface area contributed by atoms with Gasteiger partial charge >= 0.3 is 0 Å². The number of anilines is 2. The van der Waals surface area contributed by atoms with Crippen molar-refractivity contribution in [3.05, 3.63) is 6.20 Å². The smallest absolute Gasteiger partial charge is 0.190 e. The first-order valence-corrected chi connectivity index (χ1v) is 3.36. The van der Waals surface area contributed by atoms with Crippen LogP contribution in [0, 0.1) is 0 Å². The van der Waals surface area contributed by atoms with Crippen molar-refractivity contribution in [2.75, 3.05) is 24.2 Å². The van der Waals surface area contributed by atoms with Gasteiger partial charge in [-0.05, 0) is 0 Å². The summed E-state index contributed by atoms with van der Waals surface area (Å²) >= 11 is 0. The van der Waals surface area contributed by atoms with Crippen LogP contribution in [0.25, 0.3) is 0 Å². The molecule has 58 valence electrons. The number of hydrogen-bond acceptors (Lipinski definition) is 5. The fourth-order valence-corrected chi connectivity index (χ4v) is 1.01. The number of ether oxygens (including phenoxy) is 1. The van der Waals surface area contributed by atoms with Crippen molar-refractivity contribution in [1.82, 2.24) is 10.2 Å². The van der Waals surface area contributed by atoms with Crippen LogP contribution in [0.3, 0.4) is 0 Å². The van der Waals surface area contributed by atoms with E-state index >= 15 is 0 Å². The van der Waals surface area contributed by atoms with Gasteiger partial charge in [-0.25, -0.2) is 0 Å². The van der Waals surface area contributed by atoms with Gasteiger partial charge in [0.15, 0.2) is 11.6 Å². The van der Waals surface area contributed by atoms with Crippen LogP contribution >= 0.6 is 0 Å². The molecule has 0 amide bonds. The molecule has 1 aliphatic heterocycles. The molecule has 5 nitrogen and oxygen atoms in total. The maximum atomic E-state index is 5.50. The third kappa shape index (κ3) is 0.938. The van der Waals surface area contributed by atoms with Gasteiger partial charge in [-0.15, -0.1) is 5.10 Å². The highest BCUT2D eigenvalue weighted by Crippen LogP contribution is 2.29. The molecule has 1 aliphatic rings. The number of hydrogen-bond donors (Lipinski definition) is 2. The summed E-state index contributed by atoms with van der Waals surface area (Å²) in [5, 5.41) is 10.4. The van der Waals surface area contributed by atoms with E-state index in [9.17, 15) is 0 Å². The van der Waals surface area contributed by atoms with E-state index in [2.05, 4.69) is 15.5 Å². The van der Waals surface area contributed by atoms with E-state index < -0.39 is 0 Å². The van der Waals surface area contributed by atoms with Crippen molar-refractivity contribution in [1.29, 1.82) is 0 Å². The van der Waals surface area contributed by atoms with E-state index in [0.717, 1.165) is 12.2 Å². The minimum absolute atomic E-state index is 0.342. The van der Waals surface area contributed by atoms with Crippen LogP contribution in [-0.2, 0) is 0 Å². The highest BCUT2D eigenvalue weighted by atomic mass is 16.5. The van der Waals surface area contributed by atoms with Crippen LogP contribution < -0.4 is 15.8 Å². The molecule has 0 saturated heterocycles. The Labute approximate surface area is 63.6 Å². The molecule has 1 aromatic rings. The molecular formula is C6H8N4O. The minimum atomic E-state index is 0.342. The number of nitrogens with two attached hydrogens (primary N) is 1. The predicted molar refractivity (Wildman–Crippen MR) is 40.4 cm³/mol. The maximum Gasteiger partial charge on any atom is 0.190 e. The van der Waals surface area contributed by atoms with Crippen molar-refractivity contribution < 1.29 is 4.74 Å². The van der Waals surface area contributed by atoms with Crippen molar-refractivity contribution in [3.8, 4) is 5.75 Å². The highest BCUT2D eigenvalue weighted by molar-refractivity contribution is 5.65. The molecule has 0 fully saturated rings. The molecule has 0 bridgehead atoms. The molecule has 2 heterocycles. The Kier molecular flexibility index (Phi) is 1.28. The van der Waals surface area contributed by atoms with Gasteiger partial charge in [-0.2, -0.15) is 5.10 Å². The number of nitrogen functional groups attached to an aromatic ring is 1. The zero-order valence-electron chi connectivity index (χ0n) is 5.87. The molecular weight excluding hydrogens is 144 g/mol. The standard InChI is InChI=1S/C6H8N4O/c7-6-5-4(3-9-10-6)8-1-2-11-5/h3,8H,1-2H2,(H2,7,10). The second kappa shape index (κ2) is 2.26. The number of nitrogens with one attached hydrogen (secondary N) is 1. The average Bonchev–Trinajstić information content (AvgIpc) is 2.06. The first kappa shape index (κ1) is 6.21. The van der Waals surface area contributed by atoms with E-state index in [0.29, 0.717) is 18.2 Å². The molecule has 5 heteroatoms. The summed E-state index contributed by atoms with van der Waals surface area (Å²) in [7, 11) is 0. The van der Waals surface area contributed by atoms with Gasteiger partial charge in [0.25, 0.3) is 0 Å². The second-order valence-electron chi connectivity index (χ2n) is 2.25. The highest BCUT2D eigenvalue weighted by Gasteiger charge is 2.12. The fraction of sp³-hybridized carbons (Fsp3) is 0.333. The summed E-state index contributed by atoms with van der Waals surface area (Å²) in [6.45, 7) is 1.42. The number of aromatic nitrogens is 2. The van der Waals surface area contributed by atoms with Gasteiger partial charge in [-0.1, -0.05) is 0 Å². The molecule has 0 saturated carbocycles. The monoisotopic (exact) mass is 152 g/mol. The predicted octanol–water partition coefficient (Wildman–Crippen LogP) is -0.137. The van der Waals surface area contributed by atoms with Gasteiger partial charge in [0.05, 0.1) is 6.20 Å². The largest absolute Gasteiger partial charge is 0.486 e. The maximum absolute atomic E-state index is 5.50. The number of nitrogens with zero attached hydrogens (tertiary/aromatic N) is 2. The summed E-state index contributed by atoms with van der Waals surface area (Å²) in [5.41, 5.74) is 6.33. The third-order valence-electron chi connectivity index (χ3n) is 1.49. The molecule has 0 atom stereocenters. The Balaban J connectivity index is 2.49. The first-order valence-electron chi connectivity index (χ1n) is 3.36. The van der Waals surface area contributed by atoms with Crippen LogP contribution in [0.2, 0.25) is 0 Å². The molecule has 1 aromatic heterocycles. The zero-order valence-corrected chi connectivity index (χ0v) is 5.87. The summed E-state index contributed by atoms with van der Waals surface area (Å²) in [6.07, 6.45) is 1.60. The summed E-state index contributed by atoms with van der Waals surface area (Å²) in [5.74, 6) is 0.959. The Morgan fingerprint density at radius 1 is 1.64 bits per heavy atom.